The van der Waals surface area contributed by atoms with Crippen molar-refractivity contribution in [1.82, 2.24) is 14.5 Å². The van der Waals surface area contributed by atoms with Crippen LogP contribution in [0.25, 0.3) is 11.0 Å². The Labute approximate surface area is 104 Å². The summed E-state index contributed by atoms with van der Waals surface area (Å²) in [4.78, 5) is 21.8. The lowest BCUT2D eigenvalue weighted by atomic mass is 10.3. The van der Waals surface area contributed by atoms with E-state index in [4.69, 9.17) is 5.11 Å². The molecule has 1 saturated heterocycles. The standard InChI is InChI=1S/C12H14N4O2/c1-15-9(12(17)18)6-8-10(15)13-7-14-11(8)16-4-2-3-5-16/h6-7H,2-5H2,1H3,(H,17,18). The van der Waals surface area contributed by atoms with Crippen molar-refractivity contribution >= 4 is 22.8 Å². The first-order valence-corrected chi connectivity index (χ1v) is 5.97. The summed E-state index contributed by atoms with van der Waals surface area (Å²) in [5.74, 6) is -0.0940. The van der Waals surface area contributed by atoms with Gasteiger partial charge in [0.15, 0.2) is 0 Å². The van der Waals surface area contributed by atoms with E-state index in [9.17, 15) is 4.79 Å². The van der Waals surface area contributed by atoms with Gasteiger partial charge in [-0.2, -0.15) is 0 Å². The Kier molecular flexibility index (Phi) is 2.43. The Bertz CT molecular complexity index is 614. The van der Waals surface area contributed by atoms with Crippen LogP contribution in [0.3, 0.4) is 0 Å². The van der Waals surface area contributed by atoms with Gasteiger partial charge in [0.05, 0.1) is 5.39 Å². The summed E-state index contributed by atoms with van der Waals surface area (Å²) in [6.45, 7) is 1.95. The van der Waals surface area contributed by atoms with Crippen molar-refractivity contribution in [2.24, 2.45) is 7.05 Å². The number of aryl methyl sites for hydroxylation is 1. The highest BCUT2D eigenvalue weighted by molar-refractivity contribution is 5.97. The van der Waals surface area contributed by atoms with E-state index < -0.39 is 5.97 Å². The minimum absolute atomic E-state index is 0.242. The van der Waals surface area contributed by atoms with Gasteiger partial charge in [0.1, 0.15) is 23.5 Å². The second-order valence-electron chi connectivity index (χ2n) is 4.52. The molecule has 0 saturated carbocycles. The molecule has 1 aliphatic rings. The Balaban J connectivity index is 2.21. The molecule has 2 aromatic heterocycles. The van der Waals surface area contributed by atoms with E-state index in [1.807, 2.05) is 0 Å². The molecule has 3 heterocycles. The zero-order valence-corrected chi connectivity index (χ0v) is 10.1. The molecule has 6 nitrogen and oxygen atoms in total. The second-order valence-corrected chi connectivity index (χ2v) is 4.52. The highest BCUT2D eigenvalue weighted by atomic mass is 16.4. The number of hydrogen-bond acceptors (Lipinski definition) is 4. The van der Waals surface area contributed by atoms with Crippen molar-refractivity contribution in [1.29, 1.82) is 0 Å². The average molecular weight is 246 g/mol. The van der Waals surface area contributed by atoms with E-state index in [1.54, 1.807) is 17.7 Å². The largest absolute Gasteiger partial charge is 0.477 e. The molecule has 0 unspecified atom stereocenters. The van der Waals surface area contributed by atoms with Crippen LogP contribution in [-0.4, -0.2) is 38.7 Å². The van der Waals surface area contributed by atoms with E-state index in [2.05, 4.69) is 14.9 Å². The quantitative estimate of drug-likeness (QED) is 0.864. The number of rotatable bonds is 2. The molecule has 2 aromatic rings. The molecule has 6 heteroatoms. The van der Waals surface area contributed by atoms with Gasteiger partial charge in [0.25, 0.3) is 0 Å². The first-order valence-electron chi connectivity index (χ1n) is 5.97. The number of carboxylic acid groups (broad SMARTS) is 1. The summed E-state index contributed by atoms with van der Waals surface area (Å²) in [7, 11) is 1.71. The minimum Gasteiger partial charge on any atom is -0.477 e. The average Bonchev–Trinajstić information content (AvgIpc) is 2.97. The normalized spacial score (nSPS) is 15.5. The molecule has 0 bridgehead atoms. The van der Waals surface area contributed by atoms with Crippen LogP contribution >= 0.6 is 0 Å². The van der Waals surface area contributed by atoms with Crippen LogP contribution in [0.15, 0.2) is 12.4 Å². The van der Waals surface area contributed by atoms with Gasteiger partial charge in [-0.1, -0.05) is 0 Å². The van der Waals surface area contributed by atoms with Gasteiger partial charge in [0.2, 0.25) is 0 Å². The molecule has 0 aliphatic carbocycles. The maximum atomic E-state index is 11.1. The number of aromatic nitrogens is 3. The smallest absolute Gasteiger partial charge is 0.352 e. The van der Waals surface area contributed by atoms with Crippen molar-refractivity contribution in [3.63, 3.8) is 0 Å². The molecule has 0 spiro atoms. The maximum absolute atomic E-state index is 11.1. The Hall–Kier alpha value is -2.11. The second kappa shape index (κ2) is 3.97. The molecule has 0 aromatic carbocycles. The molecule has 0 radical (unpaired) electrons. The van der Waals surface area contributed by atoms with Crippen LogP contribution in [-0.2, 0) is 7.05 Å². The Morgan fingerprint density at radius 2 is 2.06 bits per heavy atom. The Morgan fingerprint density at radius 3 is 2.72 bits per heavy atom. The van der Waals surface area contributed by atoms with Crippen molar-refractivity contribution in [3.05, 3.63) is 18.1 Å². The summed E-state index contributed by atoms with van der Waals surface area (Å²) in [5, 5.41) is 9.96. The fourth-order valence-electron chi connectivity index (χ4n) is 2.51. The number of nitrogens with zero attached hydrogens (tertiary/aromatic N) is 4. The van der Waals surface area contributed by atoms with E-state index in [1.165, 1.54) is 6.33 Å². The van der Waals surface area contributed by atoms with Crippen LogP contribution in [0.2, 0.25) is 0 Å². The van der Waals surface area contributed by atoms with Gasteiger partial charge in [-0.05, 0) is 18.9 Å². The van der Waals surface area contributed by atoms with Crippen molar-refractivity contribution in [3.8, 4) is 0 Å². The molecule has 3 rings (SSSR count). The number of aromatic carboxylic acids is 1. The molecule has 0 atom stereocenters. The first kappa shape index (κ1) is 11.0. The summed E-state index contributed by atoms with van der Waals surface area (Å²) >= 11 is 0. The van der Waals surface area contributed by atoms with Crippen LogP contribution in [0.5, 0.6) is 0 Å². The molecule has 1 fully saturated rings. The lowest BCUT2D eigenvalue weighted by Gasteiger charge is -2.16. The number of carboxylic acids is 1. The summed E-state index contributed by atoms with van der Waals surface area (Å²) < 4.78 is 1.60. The van der Waals surface area contributed by atoms with Crippen molar-refractivity contribution in [2.45, 2.75) is 12.8 Å². The van der Waals surface area contributed by atoms with Crippen LogP contribution < -0.4 is 4.90 Å². The van der Waals surface area contributed by atoms with Gasteiger partial charge >= 0.3 is 5.97 Å². The van der Waals surface area contributed by atoms with Crippen LogP contribution in [0.4, 0.5) is 5.82 Å². The highest BCUT2D eigenvalue weighted by Gasteiger charge is 2.20. The highest BCUT2D eigenvalue weighted by Crippen LogP contribution is 2.27. The predicted molar refractivity (Wildman–Crippen MR) is 66.9 cm³/mol. The third-order valence-corrected chi connectivity index (χ3v) is 3.43. The van der Waals surface area contributed by atoms with Crippen LogP contribution in [0.1, 0.15) is 23.3 Å². The lowest BCUT2D eigenvalue weighted by Crippen LogP contribution is -2.19. The SMILES string of the molecule is Cn1c(C(=O)O)cc2c(N3CCCC3)ncnc21. The molecule has 0 amide bonds. The van der Waals surface area contributed by atoms with E-state index in [0.29, 0.717) is 5.65 Å². The van der Waals surface area contributed by atoms with Gasteiger partial charge in [-0.25, -0.2) is 14.8 Å². The fraction of sp³-hybridized carbons (Fsp3) is 0.417. The van der Waals surface area contributed by atoms with E-state index in [0.717, 1.165) is 37.1 Å². The van der Waals surface area contributed by atoms with E-state index in [-0.39, 0.29) is 5.69 Å². The minimum atomic E-state index is -0.942. The molecular formula is C12H14N4O2. The lowest BCUT2D eigenvalue weighted by molar-refractivity contribution is 0.0687. The third-order valence-electron chi connectivity index (χ3n) is 3.43. The topological polar surface area (TPSA) is 71.2 Å². The molecule has 94 valence electrons. The van der Waals surface area contributed by atoms with E-state index >= 15 is 0 Å². The fourth-order valence-corrected chi connectivity index (χ4v) is 2.51. The zero-order chi connectivity index (χ0) is 12.7. The monoisotopic (exact) mass is 246 g/mol. The van der Waals surface area contributed by atoms with Gasteiger partial charge in [-0.15, -0.1) is 0 Å². The summed E-state index contributed by atoms with van der Waals surface area (Å²) in [6.07, 6.45) is 3.82. The van der Waals surface area contributed by atoms with Gasteiger partial charge < -0.3 is 14.6 Å². The molecule has 1 aliphatic heterocycles. The van der Waals surface area contributed by atoms with Crippen molar-refractivity contribution < 1.29 is 9.90 Å². The number of hydrogen-bond donors (Lipinski definition) is 1. The Morgan fingerprint density at radius 1 is 1.33 bits per heavy atom. The van der Waals surface area contributed by atoms with Gasteiger partial charge in [0, 0.05) is 20.1 Å². The predicted octanol–water partition coefficient (Wildman–Crippen LogP) is 1.27. The molecule has 18 heavy (non-hydrogen) atoms. The molecule has 1 N–H and O–H groups in total. The van der Waals surface area contributed by atoms with Gasteiger partial charge in [-0.3, -0.25) is 0 Å². The molecular weight excluding hydrogens is 232 g/mol. The maximum Gasteiger partial charge on any atom is 0.352 e. The summed E-state index contributed by atoms with van der Waals surface area (Å²) in [5.41, 5.74) is 0.912. The van der Waals surface area contributed by atoms with Crippen molar-refractivity contribution in [2.75, 3.05) is 18.0 Å². The third kappa shape index (κ3) is 1.53. The number of anilines is 1. The first-order chi connectivity index (χ1) is 8.68. The van der Waals surface area contributed by atoms with Crippen LogP contribution in [0, 0.1) is 0 Å². The summed E-state index contributed by atoms with van der Waals surface area (Å²) in [6, 6.07) is 1.66. The zero-order valence-electron chi connectivity index (χ0n) is 10.1. The number of carbonyl (C=O) groups is 1. The number of fused-ring (bicyclic) bond motifs is 1.